The minimum Gasteiger partial charge on any atom is -0.339 e. The van der Waals surface area contributed by atoms with Gasteiger partial charge in [0.15, 0.2) is 5.78 Å². The lowest BCUT2D eigenvalue weighted by Gasteiger charge is -2.31. The molecule has 4 nitrogen and oxygen atoms in total. The van der Waals surface area contributed by atoms with E-state index in [1.54, 1.807) is 23.2 Å². The van der Waals surface area contributed by atoms with Crippen molar-refractivity contribution in [2.24, 2.45) is 5.92 Å². The second-order valence-electron chi connectivity index (χ2n) is 8.28. The summed E-state index contributed by atoms with van der Waals surface area (Å²) in [5, 5.41) is 0.634. The van der Waals surface area contributed by atoms with Crippen molar-refractivity contribution in [1.29, 1.82) is 0 Å². The molecule has 0 unspecified atom stereocenters. The van der Waals surface area contributed by atoms with Crippen molar-refractivity contribution in [3.05, 3.63) is 88.6 Å². The van der Waals surface area contributed by atoms with Gasteiger partial charge in [0.1, 0.15) is 16.7 Å². The molecule has 1 aromatic heterocycles. The Balaban J connectivity index is 1.46. The number of aromatic nitrogens is 1. The molecule has 2 aromatic carbocycles. The summed E-state index contributed by atoms with van der Waals surface area (Å²) in [7, 11) is 0. The molecule has 0 bridgehead atoms. The van der Waals surface area contributed by atoms with Gasteiger partial charge in [-0.25, -0.2) is 13.8 Å². The third kappa shape index (κ3) is 5.14. The molecule has 3 aromatic rings. The van der Waals surface area contributed by atoms with E-state index in [0.29, 0.717) is 36.5 Å². The van der Waals surface area contributed by atoms with Crippen molar-refractivity contribution in [2.45, 2.75) is 36.6 Å². The van der Waals surface area contributed by atoms with Gasteiger partial charge in [0.25, 0.3) is 5.91 Å². The fourth-order valence-electron chi connectivity index (χ4n) is 4.07. The van der Waals surface area contributed by atoms with Crippen LogP contribution < -0.4 is 0 Å². The highest BCUT2D eigenvalue weighted by atomic mass is 32.2. The standard InChI is InChI=1S/C26H24F2N2O2S/c1-16-5-8-23(17(2)14-16)33-25-20(4-3-11-29-25)26(32)30-12-9-18(10-13-30)24(31)21-15-19(27)6-7-22(21)28/h3-8,11,14-15,18H,9-10,12-13H2,1-2H3. The first-order chi connectivity index (χ1) is 15.8. The van der Waals surface area contributed by atoms with Gasteiger partial charge in [-0.3, -0.25) is 9.59 Å². The number of piperidine rings is 1. The number of carbonyl (C=O) groups excluding carboxylic acids is 2. The molecule has 170 valence electrons. The molecule has 0 saturated carbocycles. The number of pyridine rings is 1. The van der Waals surface area contributed by atoms with Gasteiger partial charge >= 0.3 is 0 Å². The average molecular weight is 467 g/mol. The third-order valence-corrected chi connectivity index (χ3v) is 7.08. The van der Waals surface area contributed by atoms with Crippen molar-refractivity contribution < 1.29 is 18.4 Å². The monoisotopic (exact) mass is 466 g/mol. The second-order valence-corrected chi connectivity index (χ2v) is 9.31. The summed E-state index contributed by atoms with van der Waals surface area (Å²) in [6.07, 6.45) is 2.47. The second kappa shape index (κ2) is 9.83. The summed E-state index contributed by atoms with van der Waals surface area (Å²) in [6.45, 7) is 4.81. The topological polar surface area (TPSA) is 50.3 Å². The van der Waals surface area contributed by atoms with Crippen LogP contribution in [0.4, 0.5) is 8.78 Å². The Labute approximate surface area is 196 Å². The molecule has 2 heterocycles. The molecule has 1 amide bonds. The average Bonchev–Trinajstić information content (AvgIpc) is 2.82. The van der Waals surface area contributed by atoms with E-state index in [0.717, 1.165) is 28.7 Å². The predicted octanol–water partition coefficient (Wildman–Crippen LogP) is 5.86. The summed E-state index contributed by atoms with van der Waals surface area (Å²) in [6, 6.07) is 12.6. The first-order valence-corrected chi connectivity index (χ1v) is 11.6. The van der Waals surface area contributed by atoms with Crippen LogP contribution >= 0.6 is 11.8 Å². The molecule has 7 heteroatoms. The van der Waals surface area contributed by atoms with E-state index in [2.05, 4.69) is 11.1 Å². The number of benzene rings is 2. The van der Waals surface area contributed by atoms with Crippen molar-refractivity contribution in [3.8, 4) is 0 Å². The molecule has 4 rings (SSSR count). The SMILES string of the molecule is Cc1ccc(Sc2ncccc2C(=O)N2CCC(C(=O)c3cc(F)ccc3F)CC2)c(C)c1. The molecule has 1 fully saturated rings. The van der Waals surface area contributed by atoms with Gasteiger partial charge in [0, 0.05) is 30.1 Å². The van der Waals surface area contributed by atoms with E-state index in [4.69, 9.17) is 0 Å². The van der Waals surface area contributed by atoms with Crippen LogP contribution in [-0.4, -0.2) is 34.7 Å². The van der Waals surface area contributed by atoms with Gasteiger partial charge in [-0.2, -0.15) is 0 Å². The molecule has 33 heavy (non-hydrogen) atoms. The number of halogens is 2. The van der Waals surface area contributed by atoms with Crippen LogP contribution in [0, 0.1) is 31.4 Å². The third-order valence-electron chi connectivity index (χ3n) is 5.89. The molecule has 0 N–H and O–H groups in total. The summed E-state index contributed by atoms with van der Waals surface area (Å²) in [5.41, 5.74) is 2.58. The van der Waals surface area contributed by atoms with Crippen LogP contribution in [0.1, 0.15) is 44.7 Å². The zero-order valence-electron chi connectivity index (χ0n) is 18.5. The van der Waals surface area contributed by atoms with Crippen LogP contribution in [0.3, 0.4) is 0 Å². The first kappa shape index (κ1) is 23.1. The molecular formula is C26H24F2N2O2S. The van der Waals surface area contributed by atoms with E-state index < -0.39 is 23.3 Å². The number of hydrogen-bond acceptors (Lipinski definition) is 4. The number of aryl methyl sites for hydroxylation is 2. The van der Waals surface area contributed by atoms with E-state index in [1.807, 2.05) is 26.0 Å². The van der Waals surface area contributed by atoms with E-state index in [-0.39, 0.29) is 11.5 Å². The van der Waals surface area contributed by atoms with E-state index in [9.17, 15) is 18.4 Å². The molecule has 0 atom stereocenters. The zero-order chi connectivity index (χ0) is 23.5. The predicted molar refractivity (Wildman–Crippen MR) is 124 cm³/mol. The van der Waals surface area contributed by atoms with Gasteiger partial charge in [0.2, 0.25) is 0 Å². The Morgan fingerprint density at radius 3 is 2.48 bits per heavy atom. The van der Waals surface area contributed by atoms with Crippen LogP contribution in [-0.2, 0) is 0 Å². The van der Waals surface area contributed by atoms with Crippen molar-refractivity contribution in [3.63, 3.8) is 0 Å². The number of Topliss-reactive ketones (excluding diaryl/α,β-unsaturated/α-hetero) is 1. The van der Waals surface area contributed by atoms with Crippen LogP contribution in [0.25, 0.3) is 0 Å². The van der Waals surface area contributed by atoms with Gasteiger partial charge in [-0.15, -0.1) is 0 Å². The first-order valence-electron chi connectivity index (χ1n) is 10.8. The largest absolute Gasteiger partial charge is 0.339 e. The number of rotatable bonds is 5. The Kier molecular flexibility index (Phi) is 6.88. The molecule has 1 aliphatic rings. The fraction of sp³-hybridized carbons (Fsp3) is 0.269. The summed E-state index contributed by atoms with van der Waals surface area (Å²) in [4.78, 5) is 33.2. The lowest BCUT2D eigenvalue weighted by atomic mass is 9.88. The molecule has 1 saturated heterocycles. The van der Waals surface area contributed by atoms with Gasteiger partial charge in [-0.05, 0) is 68.7 Å². The quantitative estimate of drug-likeness (QED) is 0.442. The molecule has 0 aliphatic carbocycles. The Morgan fingerprint density at radius 1 is 1.00 bits per heavy atom. The maximum Gasteiger partial charge on any atom is 0.256 e. The minimum absolute atomic E-state index is 0.141. The normalized spacial score (nSPS) is 14.4. The van der Waals surface area contributed by atoms with Crippen LogP contribution in [0.15, 0.2) is 64.6 Å². The van der Waals surface area contributed by atoms with E-state index in [1.165, 1.54) is 17.3 Å². The molecule has 0 radical (unpaired) electrons. The van der Waals surface area contributed by atoms with Crippen molar-refractivity contribution >= 4 is 23.5 Å². The van der Waals surface area contributed by atoms with Gasteiger partial charge < -0.3 is 4.90 Å². The maximum atomic E-state index is 14.0. The van der Waals surface area contributed by atoms with Crippen LogP contribution in [0.2, 0.25) is 0 Å². The lowest BCUT2D eigenvalue weighted by molar-refractivity contribution is 0.0645. The smallest absolute Gasteiger partial charge is 0.256 e. The number of amides is 1. The number of ketones is 1. The molecule has 0 spiro atoms. The molecule has 1 aliphatic heterocycles. The Morgan fingerprint density at radius 2 is 1.76 bits per heavy atom. The number of nitrogens with zero attached hydrogens (tertiary/aromatic N) is 2. The maximum absolute atomic E-state index is 14.0. The lowest BCUT2D eigenvalue weighted by Crippen LogP contribution is -2.40. The molecular weight excluding hydrogens is 442 g/mol. The zero-order valence-corrected chi connectivity index (χ0v) is 19.3. The van der Waals surface area contributed by atoms with Crippen LogP contribution in [0.5, 0.6) is 0 Å². The highest BCUT2D eigenvalue weighted by Gasteiger charge is 2.30. The highest BCUT2D eigenvalue weighted by Crippen LogP contribution is 2.33. The summed E-state index contributed by atoms with van der Waals surface area (Å²) < 4.78 is 27.5. The Bertz CT molecular complexity index is 1210. The van der Waals surface area contributed by atoms with Crippen molar-refractivity contribution in [1.82, 2.24) is 9.88 Å². The fourth-order valence-corrected chi connectivity index (χ4v) is 5.02. The Hall–Kier alpha value is -3.06. The summed E-state index contributed by atoms with van der Waals surface area (Å²) in [5.74, 6) is -2.35. The van der Waals surface area contributed by atoms with Gasteiger partial charge in [0.05, 0.1) is 11.1 Å². The van der Waals surface area contributed by atoms with E-state index >= 15 is 0 Å². The highest BCUT2D eigenvalue weighted by molar-refractivity contribution is 7.99. The summed E-state index contributed by atoms with van der Waals surface area (Å²) >= 11 is 1.46. The minimum atomic E-state index is -0.719. The number of hydrogen-bond donors (Lipinski definition) is 0. The van der Waals surface area contributed by atoms with Crippen molar-refractivity contribution in [2.75, 3.05) is 13.1 Å². The number of carbonyl (C=O) groups is 2. The van der Waals surface area contributed by atoms with Gasteiger partial charge in [-0.1, -0.05) is 29.5 Å². The number of likely N-dealkylation sites (tertiary alicyclic amines) is 1.